The molecule has 0 radical (unpaired) electrons. The first kappa shape index (κ1) is 15.8. The molecular weight excluding hydrogens is 338 g/mol. The lowest BCUT2D eigenvalue weighted by atomic mass is 9.96. The highest BCUT2D eigenvalue weighted by Gasteiger charge is 2.29. The van der Waals surface area contributed by atoms with E-state index in [0.29, 0.717) is 11.0 Å². The second-order valence-corrected chi connectivity index (χ2v) is 7.79. The SMILES string of the molecule is Nc1[nH]c2c(C3=CCCCC3)ncnc2c1S(=O)(=O)c1ccccn1. The maximum atomic E-state index is 13.0. The molecule has 0 aromatic carbocycles. The van der Waals surface area contributed by atoms with Crippen molar-refractivity contribution in [1.82, 2.24) is 19.9 Å². The van der Waals surface area contributed by atoms with Crippen LogP contribution in [0, 0.1) is 0 Å². The van der Waals surface area contributed by atoms with Gasteiger partial charge in [0.25, 0.3) is 0 Å². The number of pyridine rings is 1. The second-order valence-electron chi connectivity index (χ2n) is 5.96. The molecule has 3 aromatic heterocycles. The Hall–Kier alpha value is -2.74. The van der Waals surface area contributed by atoms with Crippen molar-refractivity contribution in [1.29, 1.82) is 0 Å². The van der Waals surface area contributed by atoms with Crippen LogP contribution in [0.15, 0.2) is 46.7 Å². The fourth-order valence-electron chi connectivity index (χ4n) is 3.17. The monoisotopic (exact) mass is 355 g/mol. The van der Waals surface area contributed by atoms with Gasteiger partial charge in [-0.15, -0.1) is 0 Å². The number of anilines is 1. The summed E-state index contributed by atoms with van der Waals surface area (Å²) < 4.78 is 26.0. The van der Waals surface area contributed by atoms with E-state index in [-0.39, 0.29) is 15.7 Å². The minimum Gasteiger partial charge on any atom is -0.384 e. The number of rotatable bonds is 3. The van der Waals surface area contributed by atoms with Crippen molar-refractivity contribution in [2.45, 2.75) is 35.6 Å². The largest absolute Gasteiger partial charge is 0.384 e. The third-order valence-corrected chi connectivity index (χ3v) is 6.09. The van der Waals surface area contributed by atoms with Gasteiger partial charge in [0.15, 0.2) is 5.03 Å². The number of nitrogen functional groups attached to an aromatic ring is 1. The van der Waals surface area contributed by atoms with E-state index < -0.39 is 9.84 Å². The normalized spacial score (nSPS) is 15.3. The van der Waals surface area contributed by atoms with Crippen LogP contribution in [0.3, 0.4) is 0 Å². The van der Waals surface area contributed by atoms with Gasteiger partial charge in [0.2, 0.25) is 9.84 Å². The van der Waals surface area contributed by atoms with Crippen LogP contribution in [0.1, 0.15) is 31.4 Å². The molecule has 1 aliphatic carbocycles. The van der Waals surface area contributed by atoms with Crippen molar-refractivity contribution >= 4 is 32.3 Å². The van der Waals surface area contributed by atoms with Gasteiger partial charge in [-0.1, -0.05) is 12.1 Å². The number of H-pyrrole nitrogens is 1. The van der Waals surface area contributed by atoms with E-state index in [1.165, 1.54) is 18.6 Å². The third-order valence-electron chi connectivity index (χ3n) is 4.34. The standard InChI is InChI=1S/C17H17N5O2S/c18-17-16(25(23,24)12-8-4-5-9-19-12)15-14(22-17)13(20-10-21-15)11-6-2-1-3-7-11/h4-6,8-10,22H,1-3,7,18H2. The highest BCUT2D eigenvalue weighted by Crippen LogP contribution is 2.35. The van der Waals surface area contributed by atoms with Gasteiger partial charge in [-0.3, -0.25) is 0 Å². The quantitative estimate of drug-likeness (QED) is 0.746. The molecular formula is C17H17N5O2S. The van der Waals surface area contributed by atoms with Gasteiger partial charge in [0, 0.05) is 6.20 Å². The van der Waals surface area contributed by atoms with E-state index in [1.54, 1.807) is 12.1 Å². The smallest absolute Gasteiger partial charge is 0.229 e. The Morgan fingerprint density at radius 3 is 2.72 bits per heavy atom. The summed E-state index contributed by atoms with van der Waals surface area (Å²) in [6.45, 7) is 0. The lowest BCUT2D eigenvalue weighted by Crippen LogP contribution is -2.06. The molecule has 8 heteroatoms. The molecule has 0 amide bonds. The number of nitrogens with one attached hydrogen (secondary N) is 1. The summed E-state index contributed by atoms with van der Waals surface area (Å²) in [4.78, 5) is 15.4. The van der Waals surface area contributed by atoms with Crippen LogP contribution in [-0.4, -0.2) is 28.4 Å². The van der Waals surface area contributed by atoms with Gasteiger partial charge in [-0.25, -0.2) is 23.4 Å². The zero-order chi connectivity index (χ0) is 17.4. The molecule has 3 N–H and O–H groups in total. The molecule has 0 saturated carbocycles. The summed E-state index contributed by atoms with van der Waals surface area (Å²) in [5, 5.41) is -0.0559. The summed E-state index contributed by atoms with van der Waals surface area (Å²) in [6, 6.07) is 4.73. The number of aromatic amines is 1. The molecule has 0 bridgehead atoms. The van der Waals surface area contributed by atoms with Crippen molar-refractivity contribution in [2.24, 2.45) is 0 Å². The first-order chi connectivity index (χ1) is 12.1. The maximum absolute atomic E-state index is 13.0. The molecule has 0 unspecified atom stereocenters. The van der Waals surface area contributed by atoms with Crippen LogP contribution in [0.2, 0.25) is 0 Å². The van der Waals surface area contributed by atoms with Crippen molar-refractivity contribution in [2.75, 3.05) is 5.73 Å². The second kappa shape index (κ2) is 5.96. The van der Waals surface area contributed by atoms with Gasteiger partial charge in [-0.05, 0) is 43.4 Å². The summed E-state index contributed by atoms with van der Waals surface area (Å²) in [7, 11) is -3.88. The molecule has 128 valence electrons. The lowest BCUT2D eigenvalue weighted by molar-refractivity contribution is 0.593. The Kier molecular flexibility index (Phi) is 3.76. The van der Waals surface area contributed by atoms with Crippen molar-refractivity contribution in [3.05, 3.63) is 42.5 Å². The molecule has 4 rings (SSSR count). The minimum atomic E-state index is -3.88. The maximum Gasteiger partial charge on any atom is 0.229 e. The topological polar surface area (TPSA) is 115 Å². The predicted molar refractivity (Wildman–Crippen MR) is 94.4 cm³/mol. The molecule has 25 heavy (non-hydrogen) atoms. The van der Waals surface area contributed by atoms with E-state index in [0.717, 1.165) is 37.0 Å². The van der Waals surface area contributed by atoms with Gasteiger partial charge in [-0.2, -0.15) is 0 Å². The van der Waals surface area contributed by atoms with Gasteiger partial charge < -0.3 is 10.7 Å². The molecule has 0 aliphatic heterocycles. The van der Waals surface area contributed by atoms with E-state index >= 15 is 0 Å². The number of hydrogen-bond donors (Lipinski definition) is 2. The average molecular weight is 355 g/mol. The molecule has 0 atom stereocenters. The fraction of sp³-hybridized carbons (Fsp3) is 0.235. The molecule has 0 fully saturated rings. The van der Waals surface area contributed by atoms with Gasteiger partial charge in [0.05, 0.1) is 11.2 Å². The Morgan fingerprint density at radius 2 is 2.00 bits per heavy atom. The Balaban J connectivity index is 1.95. The third kappa shape index (κ3) is 2.58. The van der Waals surface area contributed by atoms with Crippen LogP contribution in [0.4, 0.5) is 5.82 Å². The van der Waals surface area contributed by atoms with Crippen LogP contribution in [-0.2, 0) is 9.84 Å². The number of nitrogens with zero attached hydrogens (tertiary/aromatic N) is 3. The van der Waals surface area contributed by atoms with Crippen LogP contribution < -0.4 is 5.73 Å². The number of fused-ring (bicyclic) bond motifs is 1. The summed E-state index contributed by atoms with van der Waals surface area (Å²) >= 11 is 0. The molecule has 3 aromatic rings. The van der Waals surface area contributed by atoms with Crippen LogP contribution >= 0.6 is 0 Å². The van der Waals surface area contributed by atoms with E-state index in [2.05, 4.69) is 26.0 Å². The highest BCUT2D eigenvalue weighted by molar-refractivity contribution is 7.91. The molecule has 1 aliphatic rings. The first-order valence-electron chi connectivity index (χ1n) is 8.06. The number of allylic oxidation sites excluding steroid dienone is 2. The first-order valence-corrected chi connectivity index (χ1v) is 9.55. The Bertz CT molecular complexity index is 1070. The lowest BCUT2D eigenvalue weighted by Gasteiger charge is -2.12. The Labute approximate surface area is 144 Å². The number of aromatic nitrogens is 4. The summed E-state index contributed by atoms with van der Waals surface area (Å²) in [5.74, 6) is 0.0545. The molecule has 3 heterocycles. The zero-order valence-electron chi connectivity index (χ0n) is 13.4. The predicted octanol–water partition coefficient (Wildman–Crippen LogP) is 2.73. The number of hydrogen-bond acceptors (Lipinski definition) is 6. The zero-order valence-corrected chi connectivity index (χ0v) is 14.3. The van der Waals surface area contributed by atoms with Crippen molar-refractivity contribution in [3.8, 4) is 0 Å². The molecule has 0 spiro atoms. The van der Waals surface area contributed by atoms with E-state index in [4.69, 9.17) is 5.73 Å². The molecule has 7 nitrogen and oxygen atoms in total. The van der Waals surface area contributed by atoms with Crippen LogP contribution in [0.5, 0.6) is 0 Å². The number of sulfone groups is 1. The van der Waals surface area contributed by atoms with Gasteiger partial charge in [0.1, 0.15) is 22.6 Å². The van der Waals surface area contributed by atoms with E-state index in [1.807, 2.05) is 0 Å². The van der Waals surface area contributed by atoms with Crippen molar-refractivity contribution < 1.29 is 8.42 Å². The fourth-order valence-corrected chi connectivity index (χ4v) is 4.59. The average Bonchev–Trinajstić information content (AvgIpc) is 2.99. The Morgan fingerprint density at radius 1 is 1.12 bits per heavy atom. The van der Waals surface area contributed by atoms with Crippen LogP contribution in [0.25, 0.3) is 16.6 Å². The number of nitrogens with two attached hydrogens (primary N) is 1. The summed E-state index contributed by atoms with van der Waals surface area (Å²) in [6.07, 6.45) is 9.12. The van der Waals surface area contributed by atoms with Crippen molar-refractivity contribution in [3.63, 3.8) is 0 Å². The van der Waals surface area contributed by atoms with E-state index in [9.17, 15) is 8.42 Å². The minimum absolute atomic E-state index is 0.0405. The highest BCUT2D eigenvalue weighted by atomic mass is 32.2. The van der Waals surface area contributed by atoms with Gasteiger partial charge >= 0.3 is 0 Å². The summed E-state index contributed by atoms with van der Waals surface area (Å²) in [5.41, 5.74) is 8.71. The molecule has 0 saturated heterocycles.